The molecule has 1 N–H and O–H groups in total. The quantitative estimate of drug-likeness (QED) is 0.733. The lowest BCUT2D eigenvalue weighted by Crippen LogP contribution is -2.27. The van der Waals surface area contributed by atoms with Gasteiger partial charge >= 0.3 is 0 Å². The second kappa shape index (κ2) is 4.93. The molecule has 3 rings (SSSR count). The molecule has 0 radical (unpaired) electrons. The zero-order chi connectivity index (χ0) is 15.0. The zero-order valence-electron chi connectivity index (χ0n) is 11.9. The number of fused-ring (bicyclic) bond motifs is 1. The van der Waals surface area contributed by atoms with Crippen molar-refractivity contribution in [3.8, 4) is 0 Å². The van der Waals surface area contributed by atoms with Crippen molar-refractivity contribution in [3.05, 3.63) is 35.4 Å². The number of amides is 1. The molecule has 0 aliphatic rings. The van der Waals surface area contributed by atoms with Crippen LogP contribution in [0, 0.1) is 13.8 Å². The number of aromatic amines is 1. The Kier molecular flexibility index (Phi) is 3.09. The largest absolute Gasteiger partial charge is 0.331 e. The molecule has 3 heterocycles. The molecule has 0 unspecified atom stereocenters. The van der Waals surface area contributed by atoms with E-state index in [2.05, 4.69) is 30.2 Å². The van der Waals surface area contributed by atoms with E-state index in [1.807, 2.05) is 19.9 Å². The van der Waals surface area contributed by atoms with Gasteiger partial charge in [-0.1, -0.05) is 0 Å². The van der Waals surface area contributed by atoms with Gasteiger partial charge in [0.2, 0.25) is 5.82 Å². The van der Waals surface area contributed by atoms with Crippen LogP contribution < -0.4 is 0 Å². The third kappa shape index (κ3) is 2.45. The fraction of sp³-hybridized carbons (Fsp3) is 0.333. The molecule has 3 aromatic rings. The Morgan fingerprint density at radius 2 is 2.19 bits per heavy atom. The molecule has 108 valence electrons. The van der Waals surface area contributed by atoms with E-state index in [4.69, 9.17) is 0 Å². The Bertz CT molecular complexity index is 791. The second-order valence-electron chi connectivity index (χ2n) is 4.78. The summed E-state index contributed by atoms with van der Waals surface area (Å²) in [4.78, 5) is 26.2. The molecule has 0 atom stereocenters. The van der Waals surface area contributed by atoms with Crippen LogP contribution in [0.4, 0.5) is 0 Å². The highest BCUT2D eigenvalue weighted by molar-refractivity contribution is 5.90. The minimum absolute atomic E-state index is 0.109. The second-order valence-corrected chi connectivity index (χ2v) is 4.78. The first-order valence-electron chi connectivity index (χ1n) is 6.35. The summed E-state index contributed by atoms with van der Waals surface area (Å²) in [5, 5.41) is 10.7. The molecule has 0 aliphatic carbocycles. The summed E-state index contributed by atoms with van der Waals surface area (Å²) in [5.74, 6) is 0.829. The molecule has 0 saturated heterocycles. The molecule has 0 saturated carbocycles. The van der Waals surface area contributed by atoms with E-state index in [1.54, 1.807) is 11.6 Å². The minimum Gasteiger partial charge on any atom is -0.331 e. The minimum atomic E-state index is -0.297. The molecule has 1 amide bonds. The van der Waals surface area contributed by atoms with Gasteiger partial charge in [-0.25, -0.2) is 14.5 Å². The fourth-order valence-electron chi connectivity index (χ4n) is 2.03. The van der Waals surface area contributed by atoms with Crippen LogP contribution in [0.1, 0.15) is 27.8 Å². The first kappa shape index (κ1) is 13.2. The summed E-state index contributed by atoms with van der Waals surface area (Å²) in [7, 11) is 1.65. The lowest BCUT2D eigenvalue weighted by molar-refractivity contribution is 0.0770. The third-order valence-corrected chi connectivity index (χ3v) is 3.01. The van der Waals surface area contributed by atoms with Crippen molar-refractivity contribution in [2.45, 2.75) is 20.4 Å². The van der Waals surface area contributed by atoms with Crippen molar-refractivity contribution in [2.24, 2.45) is 0 Å². The standard InChI is InChI=1S/C12H14N8O/c1-7-4-8(2)20-12(15-7)16-10(18-20)11(21)19(3)5-9-13-6-14-17-9/h4,6H,5H2,1-3H3,(H,13,14,17). The van der Waals surface area contributed by atoms with Crippen molar-refractivity contribution in [2.75, 3.05) is 7.05 Å². The number of nitrogens with one attached hydrogen (secondary N) is 1. The van der Waals surface area contributed by atoms with Crippen LogP contribution in [-0.4, -0.2) is 52.6 Å². The Balaban J connectivity index is 1.89. The van der Waals surface area contributed by atoms with Crippen molar-refractivity contribution in [1.82, 2.24) is 39.7 Å². The van der Waals surface area contributed by atoms with E-state index in [-0.39, 0.29) is 11.7 Å². The van der Waals surface area contributed by atoms with E-state index in [0.29, 0.717) is 18.1 Å². The molecule has 9 nitrogen and oxygen atoms in total. The smallest absolute Gasteiger partial charge is 0.293 e. The summed E-state index contributed by atoms with van der Waals surface area (Å²) in [6.45, 7) is 4.07. The Labute approximate surface area is 120 Å². The number of rotatable bonds is 3. The molecule has 3 aromatic heterocycles. The maximum Gasteiger partial charge on any atom is 0.293 e. The summed E-state index contributed by atoms with van der Waals surface area (Å²) in [6, 6.07) is 1.88. The SMILES string of the molecule is Cc1cc(C)n2nc(C(=O)N(C)Cc3ncn[nH]3)nc2n1. The number of carbonyl (C=O) groups excluding carboxylic acids is 1. The van der Waals surface area contributed by atoms with E-state index in [1.165, 1.54) is 11.2 Å². The van der Waals surface area contributed by atoms with Crippen LogP contribution in [0.5, 0.6) is 0 Å². The van der Waals surface area contributed by atoms with Crippen molar-refractivity contribution in [3.63, 3.8) is 0 Å². The van der Waals surface area contributed by atoms with Crippen LogP contribution in [0.2, 0.25) is 0 Å². The van der Waals surface area contributed by atoms with Gasteiger partial charge in [0.05, 0.1) is 6.54 Å². The fourth-order valence-corrected chi connectivity index (χ4v) is 2.03. The number of hydrogen-bond acceptors (Lipinski definition) is 6. The average molecular weight is 286 g/mol. The van der Waals surface area contributed by atoms with Gasteiger partial charge in [-0.3, -0.25) is 9.89 Å². The molecule has 0 spiro atoms. The van der Waals surface area contributed by atoms with E-state index >= 15 is 0 Å². The van der Waals surface area contributed by atoms with Crippen molar-refractivity contribution < 1.29 is 4.79 Å². The molecule has 0 bridgehead atoms. The van der Waals surface area contributed by atoms with E-state index in [9.17, 15) is 4.79 Å². The first-order chi connectivity index (χ1) is 10.0. The van der Waals surface area contributed by atoms with Crippen LogP contribution in [0.25, 0.3) is 5.78 Å². The highest BCUT2D eigenvalue weighted by atomic mass is 16.2. The highest BCUT2D eigenvalue weighted by Gasteiger charge is 2.19. The lowest BCUT2D eigenvalue weighted by atomic mass is 10.4. The Hall–Kier alpha value is -2.84. The predicted molar refractivity (Wildman–Crippen MR) is 72.4 cm³/mol. The number of carbonyl (C=O) groups is 1. The van der Waals surface area contributed by atoms with Gasteiger partial charge in [0.25, 0.3) is 11.7 Å². The highest BCUT2D eigenvalue weighted by Crippen LogP contribution is 2.07. The van der Waals surface area contributed by atoms with Gasteiger partial charge in [0.15, 0.2) is 0 Å². The van der Waals surface area contributed by atoms with Crippen LogP contribution in [-0.2, 0) is 6.54 Å². The number of aryl methyl sites for hydroxylation is 2. The normalized spacial score (nSPS) is 11.0. The molecule has 9 heteroatoms. The van der Waals surface area contributed by atoms with Crippen LogP contribution in [0.15, 0.2) is 12.4 Å². The molecule has 0 aromatic carbocycles. The summed E-state index contributed by atoms with van der Waals surface area (Å²) >= 11 is 0. The molecule has 0 aliphatic heterocycles. The van der Waals surface area contributed by atoms with Crippen molar-refractivity contribution >= 4 is 11.7 Å². The summed E-state index contributed by atoms with van der Waals surface area (Å²) < 4.78 is 1.56. The van der Waals surface area contributed by atoms with Crippen molar-refractivity contribution in [1.29, 1.82) is 0 Å². The molecule has 0 fully saturated rings. The van der Waals surface area contributed by atoms with Crippen LogP contribution in [0.3, 0.4) is 0 Å². The van der Waals surface area contributed by atoms with Crippen LogP contribution >= 0.6 is 0 Å². The number of H-pyrrole nitrogens is 1. The maximum atomic E-state index is 12.3. The third-order valence-electron chi connectivity index (χ3n) is 3.01. The monoisotopic (exact) mass is 286 g/mol. The average Bonchev–Trinajstić information content (AvgIpc) is 3.06. The lowest BCUT2D eigenvalue weighted by Gasteiger charge is -2.12. The number of aromatic nitrogens is 7. The first-order valence-corrected chi connectivity index (χ1v) is 6.35. The maximum absolute atomic E-state index is 12.3. The number of nitrogens with zero attached hydrogens (tertiary/aromatic N) is 7. The zero-order valence-corrected chi connectivity index (χ0v) is 11.9. The van der Waals surface area contributed by atoms with Gasteiger partial charge in [0.1, 0.15) is 12.2 Å². The predicted octanol–water partition coefficient (Wildman–Crippen LogP) is 0.131. The topological polar surface area (TPSA) is 105 Å². The van der Waals surface area contributed by atoms with Gasteiger partial charge in [-0.15, -0.1) is 5.10 Å². The number of hydrogen-bond donors (Lipinski definition) is 1. The molecular weight excluding hydrogens is 272 g/mol. The van der Waals surface area contributed by atoms with Gasteiger partial charge in [-0.2, -0.15) is 10.1 Å². The van der Waals surface area contributed by atoms with Gasteiger partial charge < -0.3 is 4.90 Å². The molecule has 21 heavy (non-hydrogen) atoms. The van der Waals surface area contributed by atoms with E-state index in [0.717, 1.165) is 11.4 Å². The summed E-state index contributed by atoms with van der Waals surface area (Å²) in [6.07, 6.45) is 1.40. The molecular formula is C12H14N8O. The van der Waals surface area contributed by atoms with Gasteiger partial charge in [-0.05, 0) is 19.9 Å². The van der Waals surface area contributed by atoms with Gasteiger partial charge in [0, 0.05) is 18.4 Å². The Morgan fingerprint density at radius 1 is 1.38 bits per heavy atom. The summed E-state index contributed by atoms with van der Waals surface area (Å²) in [5.41, 5.74) is 1.71. The Morgan fingerprint density at radius 3 is 2.90 bits per heavy atom. The van der Waals surface area contributed by atoms with E-state index < -0.39 is 0 Å².